The lowest BCUT2D eigenvalue weighted by atomic mass is 9.76. The molecule has 0 bridgehead atoms. The number of rotatable bonds is 6. The van der Waals surface area contributed by atoms with E-state index in [1.807, 2.05) is 18.4 Å². The summed E-state index contributed by atoms with van der Waals surface area (Å²) >= 11 is 1.70. The van der Waals surface area contributed by atoms with Gasteiger partial charge in [-0.3, -0.25) is 10.1 Å². The lowest BCUT2D eigenvalue weighted by Gasteiger charge is -2.35. The van der Waals surface area contributed by atoms with Crippen molar-refractivity contribution >= 4 is 17.2 Å². The molecular weight excluding hydrogens is 232 g/mol. The number of nitrogens with two attached hydrogens (primary N) is 1. The Hall–Kier alpha value is -0.870. The summed E-state index contributed by atoms with van der Waals surface area (Å²) in [5.74, 6) is 0.435. The van der Waals surface area contributed by atoms with E-state index in [4.69, 9.17) is 5.73 Å². The molecule has 3 N–H and O–H groups in total. The number of hydrogen-bond acceptors (Lipinski definition) is 3. The fourth-order valence-electron chi connectivity index (χ4n) is 2.23. The standard InChI is InChI=1S/C13H20N2OS/c1-13(12(14)16,8-10-4-2-5-10)15-9-11-6-3-7-17-11/h3,6-7,10,15H,2,4-5,8-9H2,1H3,(H2,14,16). The molecule has 1 amide bonds. The van der Waals surface area contributed by atoms with Crippen LogP contribution in [0, 0.1) is 5.92 Å². The van der Waals surface area contributed by atoms with Crippen molar-refractivity contribution in [3.05, 3.63) is 22.4 Å². The Morgan fingerprint density at radius 1 is 1.65 bits per heavy atom. The Kier molecular flexibility index (Phi) is 3.84. The van der Waals surface area contributed by atoms with Gasteiger partial charge in [0.05, 0.1) is 5.54 Å². The van der Waals surface area contributed by atoms with E-state index in [-0.39, 0.29) is 5.91 Å². The summed E-state index contributed by atoms with van der Waals surface area (Å²) in [6.45, 7) is 2.66. The molecule has 1 aliphatic rings. The second-order valence-corrected chi connectivity index (χ2v) is 6.16. The van der Waals surface area contributed by atoms with E-state index in [1.54, 1.807) is 11.3 Å². The van der Waals surface area contributed by atoms with Crippen molar-refractivity contribution in [1.82, 2.24) is 5.32 Å². The molecule has 17 heavy (non-hydrogen) atoms. The Morgan fingerprint density at radius 3 is 2.88 bits per heavy atom. The predicted molar refractivity (Wildman–Crippen MR) is 70.7 cm³/mol. The first-order valence-electron chi connectivity index (χ1n) is 6.17. The molecule has 94 valence electrons. The Bertz CT molecular complexity index is 373. The van der Waals surface area contributed by atoms with Gasteiger partial charge in [-0.2, -0.15) is 0 Å². The molecule has 1 unspecified atom stereocenters. The van der Waals surface area contributed by atoms with Gasteiger partial charge in [-0.25, -0.2) is 0 Å². The summed E-state index contributed by atoms with van der Waals surface area (Å²) in [6, 6.07) is 4.09. The van der Waals surface area contributed by atoms with E-state index in [0.29, 0.717) is 5.92 Å². The zero-order valence-electron chi connectivity index (χ0n) is 10.2. The first-order chi connectivity index (χ1) is 8.10. The van der Waals surface area contributed by atoms with Crippen LogP contribution < -0.4 is 11.1 Å². The molecule has 4 heteroatoms. The average molecular weight is 252 g/mol. The molecular formula is C13H20N2OS. The lowest BCUT2D eigenvalue weighted by molar-refractivity contribution is -0.124. The number of amides is 1. The summed E-state index contributed by atoms with van der Waals surface area (Å²) in [7, 11) is 0. The van der Waals surface area contributed by atoms with Crippen molar-refractivity contribution in [2.24, 2.45) is 11.7 Å². The van der Waals surface area contributed by atoms with E-state index in [0.717, 1.165) is 13.0 Å². The van der Waals surface area contributed by atoms with Crippen LogP contribution in [0.3, 0.4) is 0 Å². The van der Waals surface area contributed by atoms with Crippen molar-refractivity contribution in [3.8, 4) is 0 Å². The number of primary amides is 1. The molecule has 0 spiro atoms. The second kappa shape index (κ2) is 5.19. The van der Waals surface area contributed by atoms with Crippen LogP contribution in [0.15, 0.2) is 17.5 Å². The average Bonchev–Trinajstić information content (AvgIpc) is 2.73. The third-order valence-electron chi connectivity index (χ3n) is 3.70. The minimum absolute atomic E-state index is 0.235. The first kappa shape index (κ1) is 12.6. The molecule has 0 aromatic carbocycles. The monoisotopic (exact) mass is 252 g/mol. The molecule has 1 aromatic rings. The minimum atomic E-state index is -0.560. The molecule has 1 saturated carbocycles. The van der Waals surface area contributed by atoms with Gasteiger partial charge in [0, 0.05) is 11.4 Å². The highest BCUT2D eigenvalue weighted by molar-refractivity contribution is 7.09. The van der Waals surface area contributed by atoms with Crippen molar-refractivity contribution in [2.75, 3.05) is 0 Å². The van der Waals surface area contributed by atoms with E-state index in [1.165, 1.54) is 24.1 Å². The van der Waals surface area contributed by atoms with Crippen LogP contribution in [0.4, 0.5) is 0 Å². The highest BCUT2D eigenvalue weighted by atomic mass is 32.1. The van der Waals surface area contributed by atoms with E-state index in [2.05, 4.69) is 11.4 Å². The quantitative estimate of drug-likeness (QED) is 0.816. The Labute approximate surface area is 106 Å². The maximum Gasteiger partial charge on any atom is 0.237 e. The van der Waals surface area contributed by atoms with Gasteiger partial charge in [-0.1, -0.05) is 25.3 Å². The van der Waals surface area contributed by atoms with Crippen LogP contribution in [0.5, 0.6) is 0 Å². The number of hydrogen-bond donors (Lipinski definition) is 2. The van der Waals surface area contributed by atoms with Crippen LogP contribution >= 0.6 is 11.3 Å². The molecule has 3 nitrogen and oxygen atoms in total. The maximum absolute atomic E-state index is 11.6. The van der Waals surface area contributed by atoms with Gasteiger partial charge in [0.25, 0.3) is 0 Å². The molecule has 2 rings (SSSR count). The number of carbonyl (C=O) groups excluding carboxylic acids is 1. The van der Waals surface area contributed by atoms with Gasteiger partial charge >= 0.3 is 0 Å². The van der Waals surface area contributed by atoms with Crippen LogP contribution in [0.25, 0.3) is 0 Å². The fraction of sp³-hybridized carbons (Fsp3) is 0.615. The molecule has 0 radical (unpaired) electrons. The van der Waals surface area contributed by atoms with Gasteiger partial charge in [-0.05, 0) is 30.7 Å². The smallest absolute Gasteiger partial charge is 0.237 e. The molecule has 1 heterocycles. The Morgan fingerprint density at radius 2 is 2.41 bits per heavy atom. The highest BCUT2D eigenvalue weighted by Crippen LogP contribution is 2.33. The summed E-state index contributed by atoms with van der Waals surface area (Å²) < 4.78 is 0. The topological polar surface area (TPSA) is 55.1 Å². The van der Waals surface area contributed by atoms with E-state index < -0.39 is 5.54 Å². The largest absolute Gasteiger partial charge is 0.368 e. The molecule has 1 aliphatic carbocycles. The number of carbonyl (C=O) groups is 1. The maximum atomic E-state index is 11.6. The molecule has 1 fully saturated rings. The Balaban J connectivity index is 1.93. The van der Waals surface area contributed by atoms with Crippen LogP contribution in [-0.2, 0) is 11.3 Å². The van der Waals surface area contributed by atoms with E-state index >= 15 is 0 Å². The predicted octanol–water partition coefficient (Wildman–Crippen LogP) is 2.27. The van der Waals surface area contributed by atoms with Gasteiger partial charge in [0.1, 0.15) is 0 Å². The van der Waals surface area contributed by atoms with Gasteiger partial charge in [0.2, 0.25) is 5.91 Å². The molecule has 0 saturated heterocycles. The lowest BCUT2D eigenvalue weighted by Crippen LogP contribution is -2.54. The zero-order chi connectivity index (χ0) is 12.3. The van der Waals surface area contributed by atoms with Crippen LogP contribution in [0.1, 0.15) is 37.5 Å². The molecule has 1 aromatic heterocycles. The summed E-state index contributed by atoms with van der Waals surface area (Å²) in [5, 5.41) is 5.38. The molecule has 1 atom stereocenters. The summed E-state index contributed by atoms with van der Waals surface area (Å²) in [6.07, 6.45) is 4.64. The normalized spacial score (nSPS) is 19.6. The zero-order valence-corrected chi connectivity index (χ0v) is 11.1. The summed E-state index contributed by atoms with van der Waals surface area (Å²) in [4.78, 5) is 12.9. The van der Waals surface area contributed by atoms with Crippen molar-refractivity contribution < 1.29 is 4.79 Å². The fourth-order valence-corrected chi connectivity index (χ4v) is 2.87. The van der Waals surface area contributed by atoms with Gasteiger partial charge in [-0.15, -0.1) is 11.3 Å². The van der Waals surface area contributed by atoms with Gasteiger partial charge in [0.15, 0.2) is 0 Å². The number of nitrogens with one attached hydrogen (secondary N) is 1. The van der Waals surface area contributed by atoms with Crippen LogP contribution in [-0.4, -0.2) is 11.4 Å². The minimum Gasteiger partial charge on any atom is -0.368 e. The number of thiophene rings is 1. The molecule has 0 aliphatic heterocycles. The third-order valence-corrected chi connectivity index (χ3v) is 4.57. The highest BCUT2D eigenvalue weighted by Gasteiger charge is 2.35. The van der Waals surface area contributed by atoms with E-state index in [9.17, 15) is 4.79 Å². The van der Waals surface area contributed by atoms with Gasteiger partial charge < -0.3 is 5.73 Å². The second-order valence-electron chi connectivity index (χ2n) is 5.13. The SMILES string of the molecule is CC(CC1CCC1)(NCc1cccs1)C(N)=O. The van der Waals surface area contributed by atoms with Crippen molar-refractivity contribution in [2.45, 2.75) is 44.7 Å². The van der Waals surface area contributed by atoms with Crippen molar-refractivity contribution in [1.29, 1.82) is 0 Å². The third kappa shape index (κ3) is 3.07. The first-order valence-corrected chi connectivity index (χ1v) is 7.05. The van der Waals surface area contributed by atoms with Crippen molar-refractivity contribution in [3.63, 3.8) is 0 Å². The summed E-state index contributed by atoms with van der Waals surface area (Å²) in [5.41, 5.74) is 4.98. The van der Waals surface area contributed by atoms with Crippen LogP contribution in [0.2, 0.25) is 0 Å².